The Labute approximate surface area is 106 Å². The first kappa shape index (κ1) is 14.0. The molecule has 0 aromatic heterocycles. The lowest BCUT2D eigenvalue weighted by Gasteiger charge is -2.17. The van der Waals surface area contributed by atoms with Gasteiger partial charge in [-0.2, -0.15) is 0 Å². The molecule has 0 atom stereocenters. The molecule has 1 N–H and O–H groups in total. The first-order valence-corrected chi connectivity index (χ1v) is 5.47. The SMILES string of the molecule is COC(=NC(=O)OC(C)(C)C)c1cccc(O)c1. The standard InChI is InChI=1S/C13H17NO4/c1-13(2,3)18-12(16)14-11(17-4)9-6-5-7-10(15)8-9/h5-8,15H,1-4H3. The number of phenolic OH excluding ortho intramolecular Hbond substituents is 1. The number of benzene rings is 1. The lowest BCUT2D eigenvalue weighted by atomic mass is 10.2. The van der Waals surface area contributed by atoms with Crippen LogP contribution in [0, 0.1) is 0 Å². The van der Waals surface area contributed by atoms with Crippen LogP contribution in [0.1, 0.15) is 26.3 Å². The molecular formula is C13H17NO4. The van der Waals surface area contributed by atoms with E-state index in [9.17, 15) is 9.90 Å². The van der Waals surface area contributed by atoms with E-state index in [-0.39, 0.29) is 11.6 Å². The molecule has 0 saturated carbocycles. The van der Waals surface area contributed by atoms with Crippen LogP contribution in [-0.2, 0) is 9.47 Å². The van der Waals surface area contributed by atoms with Gasteiger partial charge in [-0.05, 0) is 39.0 Å². The van der Waals surface area contributed by atoms with Gasteiger partial charge in [0.05, 0.1) is 7.11 Å². The number of carbonyl (C=O) groups excluding carboxylic acids is 1. The monoisotopic (exact) mass is 251 g/mol. The van der Waals surface area contributed by atoms with Crippen molar-refractivity contribution in [1.82, 2.24) is 0 Å². The highest BCUT2D eigenvalue weighted by molar-refractivity contribution is 6.00. The van der Waals surface area contributed by atoms with Gasteiger partial charge >= 0.3 is 6.09 Å². The van der Waals surface area contributed by atoms with Crippen molar-refractivity contribution in [2.45, 2.75) is 26.4 Å². The number of rotatable bonds is 1. The van der Waals surface area contributed by atoms with E-state index in [4.69, 9.17) is 9.47 Å². The van der Waals surface area contributed by atoms with E-state index in [0.29, 0.717) is 5.56 Å². The smallest absolute Gasteiger partial charge is 0.437 e. The minimum absolute atomic E-state index is 0.0708. The molecule has 0 saturated heterocycles. The van der Waals surface area contributed by atoms with E-state index >= 15 is 0 Å². The van der Waals surface area contributed by atoms with E-state index < -0.39 is 11.7 Å². The average molecular weight is 251 g/mol. The fourth-order valence-electron chi connectivity index (χ4n) is 1.23. The number of hydrogen-bond donors (Lipinski definition) is 1. The summed E-state index contributed by atoms with van der Waals surface area (Å²) in [6, 6.07) is 6.28. The minimum Gasteiger partial charge on any atom is -0.508 e. The number of aliphatic imine (C=N–C) groups is 1. The topological polar surface area (TPSA) is 68.1 Å². The first-order valence-electron chi connectivity index (χ1n) is 5.47. The summed E-state index contributed by atoms with van der Waals surface area (Å²) >= 11 is 0. The number of hydrogen-bond acceptors (Lipinski definition) is 4. The molecule has 0 aliphatic heterocycles. The fourth-order valence-corrected chi connectivity index (χ4v) is 1.23. The second-order valence-corrected chi connectivity index (χ2v) is 4.65. The van der Waals surface area contributed by atoms with E-state index in [1.54, 1.807) is 32.9 Å². The van der Waals surface area contributed by atoms with Crippen LogP contribution in [0.2, 0.25) is 0 Å². The van der Waals surface area contributed by atoms with Gasteiger partial charge in [0.2, 0.25) is 5.90 Å². The molecule has 98 valence electrons. The summed E-state index contributed by atoms with van der Waals surface area (Å²) in [4.78, 5) is 15.2. The lowest BCUT2D eigenvalue weighted by molar-refractivity contribution is 0.0600. The largest absolute Gasteiger partial charge is 0.508 e. The van der Waals surface area contributed by atoms with Gasteiger partial charge in [0.25, 0.3) is 0 Å². The minimum atomic E-state index is -0.734. The molecule has 0 aliphatic rings. The zero-order valence-corrected chi connectivity index (χ0v) is 10.9. The van der Waals surface area contributed by atoms with E-state index in [1.807, 2.05) is 0 Å². The van der Waals surface area contributed by atoms with Crippen LogP contribution in [0.5, 0.6) is 5.75 Å². The van der Waals surface area contributed by atoms with Crippen molar-refractivity contribution in [3.8, 4) is 5.75 Å². The summed E-state index contributed by atoms with van der Waals surface area (Å²) in [5.41, 5.74) is -0.110. The number of amides is 1. The maximum Gasteiger partial charge on any atom is 0.437 e. The van der Waals surface area contributed by atoms with Gasteiger partial charge in [0.1, 0.15) is 11.4 Å². The van der Waals surface area contributed by atoms with Crippen molar-refractivity contribution in [3.05, 3.63) is 29.8 Å². The molecule has 5 nitrogen and oxygen atoms in total. The molecule has 0 fully saturated rings. The highest BCUT2D eigenvalue weighted by Crippen LogP contribution is 2.13. The first-order chi connectivity index (χ1) is 8.31. The number of carbonyl (C=O) groups is 1. The van der Waals surface area contributed by atoms with Crippen LogP contribution >= 0.6 is 0 Å². The molecule has 0 heterocycles. The molecule has 1 rings (SSSR count). The quantitative estimate of drug-likeness (QED) is 0.615. The molecule has 0 unspecified atom stereocenters. The van der Waals surface area contributed by atoms with E-state index in [2.05, 4.69) is 4.99 Å². The summed E-state index contributed by atoms with van der Waals surface area (Å²) in [5.74, 6) is 0.168. The Morgan fingerprint density at radius 3 is 2.50 bits per heavy atom. The summed E-state index contributed by atoms with van der Waals surface area (Å²) in [6.45, 7) is 5.25. The Bertz CT molecular complexity index is 460. The molecule has 0 aliphatic carbocycles. The van der Waals surface area contributed by atoms with Gasteiger partial charge in [0, 0.05) is 5.56 Å². The van der Waals surface area contributed by atoms with Crippen molar-refractivity contribution in [2.24, 2.45) is 4.99 Å². The Morgan fingerprint density at radius 1 is 1.33 bits per heavy atom. The Kier molecular flexibility index (Phi) is 4.31. The van der Waals surface area contributed by atoms with E-state index in [1.165, 1.54) is 19.2 Å². The highest BCUT2D eigenvalue weighted by Gasteiger charge is 2.17. The third-order valence-corrected chi connectivity index (χ3v) is 1.87. The van der Waals surface area contributed by atoms with Gasteiger partial charge in [-0.25, -0.2) is 4.79 Å². The summed E-state index contributed by atoms with van der Waals surface area (Å²) in [6.07, 6.45) is -0.734. The summed E-state index contributed by atoms with van der Waals surface area (Å²) in [7, 11) is 1.40. The predicted octanol–water partition coefficient (Wildman–Crippen LogP) is 2.72. The molecule has 0 radical (unpaired) electrons. The molecule has 1 amide bonds. The molecule has 18 heavy (non-hydrogen) atoms. The van der Waals surface area contributed by atoms with Crippen LogP contribution < -0.4 is 0 Å². The second-order valence-electron chi connectivity index (χ2n) is 4.65. The van der Waals surface area contributed by atoms with Gasteiger partial charge in [-0.3, -0.25) is 0 Å². The van der Waals surface area contributed by atoms with Gasteiger partial charge in [-0.15, -0.1) is 4.99 Å². The zero-order valence-electron chi connectivity index (χ0n) is 10.9. The van der Waals surface area contributed by atoms with Gasteiger partial charge < -0.3 is 14.6 Å². The molecular weight excluding hydrogens is 234 g/mol. The third kappa shape index (κ3) is 4.45. The van der Waals surface area contributed by atoms with Crippen molar-refractivity contribution in [2.75, 3.05) is 7.11 Å². The average Bonchev–Trinajstić information content (AvgIpc) is 2.23. The van der Waals surface area contributed by atoms with Crippen molar-refractivity contribution in [3.63, 3.8) is 0 Å². The molecule has 0 spiro atoms. The maximum absolute atomic E-state index is 11.5. The van der Waals surface area contributed by atoms with Crippen LogP contribution in [0.4, 0.5) is 4.79 Å². The van der Waals surface area contributed by atoms with Crippen molar-refractivity contribution in [1.29, 1.82) is 0 Å². The van der Waals surface area contributed by atoms with Crippen LogP contribution in [0.3, 0.4) is 0 Å². The maximum atomic E-state index is 11.5. The number of phenols is 1. The van der Waals surface area contributed by atoms with Crippen molar-refractivity contribution >= 4 is 12.0 Å². The Hall–Kier alpha value is -2.04. The van der Waals surface area contributed by atoms with Crippen LogP contribution in [-0.4, -0.2) is 29.8 Å². The van der Waals surface area contributed by atoms with Crippen LogP contribution in [0.25, 0.3) is 0 Å². The van der Waals surface area contributed by atoms with Crippen molar-refractivity contribution < 1.29 is 19.4 Å². The molecule has 0 bridgehead atoms. The Morgan fingerprint density at radius 2 is 2.00 bits per heavy atom. The molecule has 5 heteroatoms. The number of ether oxygens (including phenoxy) is 2. The lowest BCUT2D eigenvalue weighted by Crippen LogP contribution is -2.23. The summed E-state index contributed by atoms with van der Waals surface area (Å²) < 4.78 is 10.1. The number of methoxy groups -OCH3 is 1. The van der Waals surface area contributed by atoms with Gasteiger partial charge in [0.15, 0.2) is 0 Å². The Balaban J connectivity index is 2.93. The third-order valence-electron chi connectivity index (χ3n) is 1.87. The number of aromatic hydroxyl groups is 1. The zero-order chi connectivity index (χ0) is 13.8. The second kappa shape index (κ2) is 5.53. The summed E-state index contributed by atoms with van der Waals surface area (Å²) in [5, 5.41) is 9.35. The molecule has 1 aromatic carbocycles. The normalized spacial score (nSPS) is 12.1. The van der Waals surface area contributed by atoms with Gasteiger partial charge in [-0.1, -0.05) is 6.07 Å². The molecule has 1 aromatic rings. The fraction of sp³-hybridized carbons (Fsp3) is 0.385. The predicted molar refractivity (Wildman–Crippen MR) is 67.9 cm³/mol. The number of nitrogens with zero attached hydrogens (tertiary/aromatic N) is 1. The highest BCUT2D eigenvalue weighted by atomic mass is 16.6. The van der Waals surface area contributed by atoms with E-state index in [0.717, 1.165) is 0 Å². The van der Waals surface area contributed by atoms with Crippen LogP contribution in [0.15, 0.2) is 29.3 Å².